The van der Waals surface area contributed by atoms with E-state index in [2.05, 4.69) is 5.32 Å². The highest BCUT2D eigenvalue weighted by Gasteiger charge is 2.58. The first-order valence-electron chi connectivity index (χ1n) is 9.37. The number of amides is 2. The molecule has 2 aromatic rings. The van der Waals surface area contributed by atoms with Crippen LogP contribution < -0.4 is 10.2 Å². The lowest BCUT2D eigenvalue weighted by atomic mass is 10.0. The summed E-state index contributed by atoms with van der Waals surface area (Å²) in [6, 6.07) is 19.5. The Morgan fingerprint density at radius 3 is 2.11 bits per heavy atom. The zero-order chi connectivity index (χ0) is 19.3. The number of carbonyl (C=O) groups is 2. The predicted molar refractivity (Wildman–Crippen MR) is 107 cm³/mol. The third-order valence-corrected chi connectivity index (χ3v) is 4.94. The van der Waals surface area contributed by atoms with Crippen molar-refractivity contribution in [2.45, 2.75) is 19.4 Å². The molecule has 142 valence electrons. The van der Waals surface area contributed by atoms with Crippen molar-refractivity contribution in [1.29, 1.82) is 0 Å². The van der Waals surface area contributed by atoms with Crippen molar-refractivity contribution in [3.8, 4) is 0 Å². The van der Waals surface area contributed by atoms with Gasteiger partial charge in [0, 0.05) is 18.8 Å². The number of hydrogen-bond acceptors (Lipinski definition) is 3. The van der Waals surface area contributed by atoms with E-state index in [-0.39, 0.29) is 11.8 Å². The van der Waals surface area contributed by atoms with Gasteiger partial charge in [-0.25, -0.2) is 0 Å². The molecule has 1 saturated carbocycles. The topological polar surface area (TPSA) is 52.7 Å². The van der Waals surface area contributed by atoms with E-state index in [4.69, 9.17) is 0 Å². The molecule has 2 amide bonds. The molecular weight excluding hydrogens is 338 g/mol. The van der Waals surface area contributed by atoms with E-state index in [0.717, 1.165) is 17.8 Å². The van der Waals surface area contributed by atoms with Crippen molar-refractivity contribution < 1.29 is 9.59 Å². The molecule has 5 nitrogen and oxygen atoms in total. The molecule has 0 saturated heterocycles. The summed E-state index contributed by atoms with van der Waals surface area (Å²) in [5.41, 5.74) is 0.939. The highest BCUT2D eigenvalue weighted by molar-refractivity contribution is 6.14. The van der Waals surface area contributed by atoms with Gasteiger partial charge in [-0.2, -0.15) is 0 Å². The van der Waals surface area contributed by atoms with Gasteiger partial charge in [-0.3, -0.25) is 9.59 Å². The second kappa shape index (κ2) is 8.35. The van der Waals surface area contributed by atoms with Crippen LogP contribution in [0.25, 0.3) is 0 Å². The maximum Gasteiger partial charge on any atom is 0.242 e. The molecule has 1 aliphatic carbocycles. The zero-order valence-corrected chi connectivity index (χ0v) is 16.0. The monoisotopic (exact) mass is 365 g/mol. The van der Waals surface area contributed by atoms with Crippen LogP contribution in [-0.4, -0.2) is 43.9 Å². The summed E-state index contributed by atoms with van der Waals surface area (Å²) in [5, 5.41) is 2.94. The minimum Gasteiger partial charge on any atom is -0.354 e. The molecule has 2 aromatic carbocycles. The Balaban J connectivity index is 1.79. The SMILES string of the molecule is CN(C)CCNC(=O)C1(C(=O)N(Cc2ccccc2)c2ccccc2)CC1. The summed E-state index contributed by atoms with van der Waals surface area (Å²) in [5.74, 6) is -0.261. The van der Waals surface area contributed by atoms with Crippen molar-refractivity contribution in [2.24, 2.45) is 5.41 Å². The minimum absolute atomic E-state index is 0.111. The van der Waals surface area contributed by atoms with Crippen LogP contribution >= 0.6 is 0 Å². The highest BCUT2D eigenvalue weighted by Crippen LogP contribution is 2.48. The Hall–Kier alpha value is -2.66. The second-order valence-electron chi connectivity index (χ2n) is 7.35. The van der Waals surface area contributed by atoms with Crippen LogP contribution in [0.4, 0.5) is 5.69 Å². The van der Waals surface area contributed by atoms with Gasteiger partial charge in [-0.15, -0.1) is 0 Å². The normalized spacial score (nSPS) is 14.6. The largest absolute Gasteiger partial charge is 0.354 e. The lowest BCUT2D eigenvalue weighted by molar-refractivity contribution is -0.135. The second-order valence-corrected chi connectivity index (χ2v) is 7.35. The summed E-state index contributed by atoms with van der Waals surface area (Å²) in [6.07, 6.45) is 1.22. The molecule has 3 rings (SSSR count). The lowest BCUT2D eigenvalue weighted by Crippen LogP contribution is -2.46. The number of rotatable bonds is 8. The average molecular weight is 365 g/mol. The van der Waals surface area contributed by atoms with Gasteiger partial charge in [0.25, 0.3) is 0 Å². The van der Waals surface area contributed by atoms with E-state index in [1.807, 2.05) is 79.7 Å². The first-order chi connectivity index (χ1) is 13.0. The van der Waals surface area contributed by atoms with E-state index in [9.17, 15) is 9.59 Å². The third kappa shape index (κ3) is 4.55. The van der Waals surface area contributed by atoms with Gasteiger partial charge in [0.2, 0.25) is 11.8 Å². The number of likely N-dealkylation sites (N-methyl/N-ethyl adjacent to an activating group) is 1. The number of carbonyl (C=O) groups excluding carboxylic acids is 2. The molecule has 1 N–H and O–H groups in total. The molecule has 0 radical (unpaired) electrons. The first-order valence-corrected chi connectivity index (χ1v) is 9.37. The van der Waals surface area contributed by atoms with Gasteiger partial charge in [0.15, 0.2) is 0 Å². The molecule has 0 aliphatic heterocycles. The summed E-state index contributed by atoms with van der Waals surface area (Å²) in [4.78, 5) is 29.9. The van der Waals surface area contributed by atoms with Crippen LogP contribution in [-0.2, 0) is 16.1 Å². The van der Waals surface area contributed by atoms with Crippen LogP contribution in [0.3, 0.4) is 0 Å². The van der Waals surface area contributed by atoms with Crippen molar-refractivity contribution in [3.63, 3.8) is 0 Å². The van der Waals surface area contributed by atoms with Crippen molar-refractivity contribution in [2.75, 3.05) is 32.1 Å². The van der Waals surface area contributed by atoms with Crippen LogP contribution in [0.1, 0.15) is 18.4 Å². The average Bonchev–Trinajstić information content (AvgIpc) is 3.49. The summed E-state index contributed by atoms with van der Waals surface area (Å²) in [7, 11) is 3.92. The van der Waals surface area contributed by atoms with Crippen LogP contribution in [0.15, 0.2) is 60.7 Å². The molecule has 0 heterocycles. The van der Waals surface area contributed by atoms with Crippen molar-refractivity contribution in [1.82, 2.24) is 10.2 Å². The van der Waals surface area contributed by atoms with Gasteiger partial charge in [0.1, 0.15) is 5.41 Å². The summed E-state index contributed by atoms with van der Waals surface area (Å²) >= 11 is 0. The maximum absolute atomic E-state index is 13.4. The number of nitrogens with zero attached hydrogens (tertiary/aromatic N) is 2. The van der Waals surface area contributed by atoms with E-state index < -0.39 is 5.41 Å². The van der Waals surface area contributed by atoms with Gasteiger partial charge < -0.3 is 15.1 Å². The van der Waals surface area contributed by atoms with E-state index in [0.29, 0.717) is 25.9 Å². The number of para-hydroxylation sites is 1. The molecule has 0 atom stereocenters. The molecule has 1 fully saturated rings. The molecule has 0 spiro atoms. The number of anilines is 1. The Morgan fingerprint density at radius 1 is 0.963 bits per heavy atom. The fraction of sp³-hybridized carbons (Fsp3) is 0.364. The molecule has 0 unspecified atom stereocenters. The number of hydrogen-bond donors (Lipinski definition) is 1. The van der Waals surface area contributed by atoms with Crippen LogP contribution in [0.5, 0.6) is 0 Å². The van der Waals surface area contributed by atoms with E-state index >= 15 is 0 Å². The standard InChI is InChI=1S/C22H27N3O2/c1-24(2)16-15-23-20(26)22(13-14-22)21(27)25(19-11-7-4-8-12-19)17-18-9-5-3-6-10-18/h3-12H,13-17H2,1-2H3,(H,23,26). The van der Waals surface area contributed by atoms with Crippen molar-refractivity contribution >= 4 is 17.5 Å². The smallest absolute Gasteiger partial charge is 0.242 e. The van der Waals surface area contributed by atoms with Crippen LogP contribution in [0.2, 0.25) is 0 Å². The fourth-order valence-corrected chi connectivity index (χ4v) is 3.14. The fourth-order valence-electron chi connectivity index (χ4n) is 3.14. The summed E-state index contributed by atoms with van der Waals surface area (Å²) in [6.45, 7) is 1.75. The Labute approximate surface area is 161 Å². The van der Waals surface area contributed by atoms with E-state index in [1.165, 1.54) is 0 Å². The minimum atomic E-state index is -0.920. The zero-order valence-electron chi connectivity index (χ0n) is 16.0. The third-order valence-electron chi connectivity index (χ3n) is 4.94. The lowest BCUT2D eigenvalue weighted by Gasteiger charge is -2.27. The van der Waals surface area contributed by atoms with Crippen LogP contribution in [0, 0.1) is 5.41 Å². The Morgan fingerprint density at radius 2 is 1.56 bits per heavy atom. The van der Waals surface area contributed by atoms with Gasteiger partial charge in [-0.1, -0.05) is 48.5 Å². The highest BCUT2D eigenvalue weighted by atomic mass is 16.2. The van der Waals surface area contributed by atoms with E-state index in [1.54, 1.807) is 4.90 Å². The quantitative estimate of drug-likeness (QED) is 0.732. The molecule has 5 heteroatoms. The van der Waals surface area contributed by atoms with Gasteiger partial charge in [-0.05, 0) is 44.6 Å². The number of benzene rings is 2. The maximum atomic E-state index is 13.4. The Kier molecular flexibility index (Phi) is 5.91. The predicted octanol–water partition coefficient (Wildman–Crippen LogP) is 2.68. The van der Waals surface area contributed by atoms with Crippen molar-refractivity contribution in [3.05, 3.63) is 66.2 Å². The first kappa shape index (κ1) is 19.1. The molecule has 0 aromatic heterocycles. The van der Waals surface area contributed by atoms with Gasteiger partial charge >= 0.3 is 0 Å². The number of nitrogens with one attached hydrogen (secondary N) is 1. The molecular formula is C22H27N3O2. The molecule has 1 aliphatic rings. The summed E-state index contributed by atoms with van der Waals surface area (Å²) < 4.78 is 0. The van der Waals surface area contributed by atoms with Gasteiger partial charge in [0.05, 0.1) is 6.54 Å². The molecule has 0 bridgehead atoms. The Bertz CT molecular complexity index is 771. The molecule has 27 heavy (non-hydrogen) atoms.